The highest BCUT2D eigenvalue weighted by Crippen LogP contribution is 2.28. The number of nitrogens with zero attached hydrogens (tertiary/aromatic N) is 1. The Kier molecular flexibility index (Phi) is 7.02. The van der Waals surface area contributed by atoms with Gasteiger partial charge < -0.3 is 14.6 Å². The molecule has 7 nitrogen and oxygen atoms in total. The minimum absolute atomic E-state index is 0.0693. The first kappa shape index (κ1) is 24.2. The molecule has 0 fully saturated rings. The highest BCUT2D eigenvalue weighted by molar-refractivity contribution is 7.90. The van der Waals surface area contributed by atoms with Crippen LogP contribution in [0.25, 0.3) is 10.9 Å². The Balaban J connectivity index is 1.55. The summed E-state index contributed by atoms with van der Waals surface area (Å²) in [6.45, 7) is 3.87. The zero-order valence-electron chi connectivity index (χ0n) is 19.5. The van der Waals surface area contributed by atoms with E-state index >= 15 is 0 Å². The van der Waals surface area contributed by atoms with Gasteiger partial charge in [0, 0.05) is 22.8 Å². The number of hydrogen-bond donors (Lipinski definition) is 1. The van der Waals surface area contributed by atoms with Crippen molar-refractivity contribution in [3.05, 3.63) is 95.7 Å². The molecule has 0 atom stereocenters. The number of nitrogens with one attached hydrogen (secondary N) is 1. The van der Waals surface area contributed by atoms with Crippen LogP contribution in [0.3, 0.4) is 0 Å². The van der Waals surface area contributed by atoms with Crippen molar-refractivity contribution in [3.63, 3.8) is 0 Å². The van der Waals surface area contributed by atoms with E-state index in [1.807, 2.05) is 31.2 Å². The quantitative estimate of drug-likeness (QED) is 0.360. The summed E-state index contributed by atoms with van der Waals surface area (Å²) in [4.78, 5) is 24.8. The predicted octanol–water partition coefficient (Wildman–Crippen LogP) is 4.74. The second-order valence-electron chi connectivity index (χ2n) is 8.23. The van der Waals surface area contributed by atoms with Gasteiger partial charge in [-0.15, -0.1) is 0 Å². The third-order valence-electron chi connectivity index (χ3n) is 5.52. The van der Waals surface area contributed by atoms with Crippen LogP contribution in [0.5, 0.6) is 0 Å². The summed E-state index contributed by atoms with van der Waals surface area (Å²) in [5, 5.41) is 3.36. The number of amides is 1. The molecule has 1 N–H and O–H groups in total. The number of para-hydroxylation sites is 1. The van der Waals surface area contributed by atoms with Gasteiger partial charge in [-0.05, 0) is 49.7 Å². The van der Waals surface area contributed by atoms with Gasteiger partial charge in [0.1, 0.15) is 6.54 Å². The monoisotopic (exact) mass is 490 g/mol. The molecular weight excluding hydrogens is 464 g/mol. The molecular formula is C27H26N2O5S. The molecule has 0 aliphatic heterocycles. The predicted molar refractivity (Wildman–Crippen MR) is 135 cm³/mol. The highest BCUT2D eigenvalue weighted by Gasteiger charge is 2.22. The van der Waals surface area contributed by atoms with E-state index in [0.29, 0.717) is 27.7 Å². The first-order valence-corrected chi connectivity index (χ1v) is 12.9. The molecule has 0 radical (unpaired) electrons. The SMILES string of the molecule is CCOC(=O)c1ccc(NC(=O)Cn2cc(S(=O)(=O)Cc3cccc(C)c3)c3ccccc32)cc1. The molecule has 0 bridgehead atoms. The number of anilines is 1. The summed E-state index contributed by atoms with van der Waals surface area (Å²) in [6, 6.07) is 20.9. The van der Waals surface area contributed by atoms with E-state index in [-0.39, 0.29) is 29.7 Å². The van der Waals surface area contributed by atoms with Crippen LogP contribution < -0.4 is 5.32 Å². The lowest BCUT2D eigenvalue weighted by Gasteiger charge is -2.08. The van der Waals surface area contributed by atoms with Crippen molar-refractivity contribution < 1.29 is 22.7 Å². The van der Waals surface area contributed by atoms with E-state index < -0.39 is 15.8 Å². The summed E-state index contributed by atoms with van der Waals surface area (Å²) in [5.74, 6) is -0.873. The summed E-state index contributed by atoms with van der Waals surface area (Å²) in [5.41, 5.74) is 3.28. The summed E-state index contributed by atoms with van der Waals surface area (Å²) in [7, 11) is -3.64. The molecule has 35 heavy (non-hydrogen) atoms. The van der Waals surface area contributed by atoms with Crippen LogP contribution in [-0.4, -0.2) is 31.5 Å². The first-order chi connectivity index (χ1) is 16.8. The maximum Gasteiger partial charge on any atom is 0.338 e. The third kappa shape index (κ3) is 5.60. The number of carbonyl (C=O) groups is 2. The molecule has 8 heteroatoms. The van der Waals surface area contributed by atoms with Gasteiger partial charge in [-0.2, -0.15) is 0 Å². The lowest BCUT2D eigenvalue weighted by Crippen LogP contribution is -2.18. The van der Waals surface area contributed by atoms with Crippen LogP contribution in [0, 0.1) is 6.92 Å². The summed E-state index contributed by atoms with van der Waals surface area (Å²) < 4.78 is 33.2. The normalized spacial score (nSPS) is 11.4. The van der Waals surface area contributed by atoms with Crippen molar-refractivity contribution in [1.29, 1.82) is 0 Å². The fraction of sp³-hybridized carbons (Fsp3) is 0.185. The molecule has 3 aromatic carbocycles. The van der Waals surface area contributed by atoms with Crippen LogP contribution in [0.15, 0.2) is 83.9 Å². The number of aryl methyl sites for hydroxylation is 1. The molecule has 1 amide bonds. The molecule has 4 aromatic rings. The Bertz CT molecular complexity index is 1490. The smallest absolute Gasteiger partial charge is 0.338 e. The number of benzene rings is 3. The Morgan fingerprint density at radius 1 is 0.971 bits per heavy atom. The van der Waals surface area contributed by atoms with Gasteiger partial charge in [-0.3, -0.25) is 4.79 Å². The van der Waals surface area contributed by atoms with Crippen LogP contribution in [-0.2, 0) is 31.7 Å². The summed E-state index contributed by atoms with van der Waals surface area (Å²) >= 11 is 0. The third-order valence-corrected chi connectivity index (χ3v) is 7.23. The number of aromatic nitrogens is 1. The molecule has 0 aliphatic carbocycles. The van der Waals surface area contributed by atoms with Gasteiger partial charge in [-0.1, -0.05) is 48.0 Å². The molecule has 0 spiro atoms. The Labute approximate surface area is 204 Å². The Morgan fingerprint density at radius 3 is 2.43 bits per heavy atom. The first-order valence-electron chi connectivity index (χ1n) is 11.2. The van der Waals surface area contributed by atoms with Crippen molar-refractivity contribution >= 4 is 38.3 Å². The van der Waals surface area contributed by atoms with Gasteiger partial charge >= 0.3 is 5.97 Å². The largest absolute Gasteiger partial charge is 0.462 e. The number of rotatable bonds is 8. The molecule has 180 valence electrons. The van der Waals surface area contributed by atoms with E-state index in [0.717, 1.165) is 5.56 Å². The molecule has 0 aliphatic rings. The molecule has 4 rings (SSSR count). The fourth-order valence-corrected chi connectivity index (χ4v) is 5.52. The van der Waals surface area contributed by atoms with Crippen LogP contribution >= 0.6 is 0 Å². The van der Waals surface area contributed by atoms with E-state index in [1.165, 1.54) is 6.20 Å². The average molecular weight is 491 g/mol. The van der Waals surface area contributed by atoms with Gasteiger partial charge in [0.05, 0.1) is 22.8 Å². The van der Waals surface area contributed by atoms with Crippen molar-refractivity contribution in [1.82, 2.24) is 4.57 Å². The Hall–Kier alpha value is -3.91. The van der Waals surface area contributed by atoms with Gasteiger partial charge in [0.15, 0.2) is 9.84 Å². The summed E-state index contributed by atoms with van der Waals surface area (Å²) in [6.07, 6.45) is 1.53. The molecule has 0 saturated heterocycles. The van der Waals surface area contributed by atoms with E-state index in [4.69, 9.17) is 4.74 Å². The Morgan fingerprint density at radius 2 is 1.71 bits per heavy atom. The van der Waals surface area contributed by atoms with Crippen molar-refractivity contribution in [2.45, 2.75) is 31.0 Å². The van der Waals surface area contributed by atoms with Crippen LogP contribution in [0.1, 0.15) is 28.4 Å². The van der Waals surface area contributed by atoms with Crippen LogP contribution in [0.4, 0.5) is 5.69 Å². The number of hydrogen-bond acceptors (Lipinski definition) is 5. The zero-order chi connectivity index (χ0) is 25.0. The lowest BCUT2D eigenvalue weighted by atomic mass is 10.2. The number of sulfone groups is 1. The maximum absolute atomic E-state index is 13.3. The van der Waals surface area contributed by atoms with E-state index in [9.17, 15) is 18.0 Å². The minimum atomic E-state index is -3.64. The topological polar surface area (TPSA) is 94.5 Å². The number of ether oxygens (including phenoxy) is 1. The van der Waals surface area contributed by atoms with Crippen molar-refractivity contribution in [3.8, 4) is 0 Å². The zero-order valence-corrected chi connectivity index (χ0v) is 20.3. The van der Waals surface area contributed by atoms with Crippen molar-refractivity contribution in [2.75, 3.05) is 11.9 Å². The maximum atomic E-state index is 13.3. The number of fused-ring (bicyclic) bond motifs is 1. The number of esters is 1. The molecule has 1 aromatic heterocycles. The standard InChI is InChI=1S/C27H26N2O5S/c1-3-34-27(31)21-11-13-22(14-12-21)28-26(30)17-29-16-25(23-9-4-5-10-24(23)29)35(32,33)18-20-8-6-7-19(2)15-20/h4-16H,3,17-18H2,1-2H3,(H,28,30). The fourth-order valence-electron chi connectivity index (χ4n) is 3.95. The van der Waals surface area contributed by atoms with Gasteiger partial charge in [0.25, 0.3) is 0 Å². The molecule has 1 heterocycles. The number of carbonyl (C=O) groups excluding carboxylic acids is 2. The van der Waals surface area contributed by atoms with Crippen LogP contribution in [0.2, 0.25) is 0 Å². The van der Waals surface area contributed by atoms with Gasteiger partial charge in [0.2, 0.25) is 5.91 Å². The second kappa shape index (κ2) is 10.1. The minimum Gasteiger partial charge on any atom is -0.462 e. The van der Waals surface area contributed by atoms with Crippen molar-refractivity contribution in [2.24, 2.45) is 0 Å². The highest BCUT2D eigenvalue weighted by atomic mass is 32.2. The van der Waals surface area contributed by atoms with E-state index in [2.05, 4.69) is 5.32 Å². The second-order valence-corrected chi connectivity index (χ2v) is 10.2. The average Bonchev–Trinajstić information content (AvgIpc) is 3.19. The molecule has 0 saturated carbocycles. The van der Waals surface area contributed by atoms with Gasteiger partial charge in [-0.25, -0.2) is 13.2 Å². The lowest BCUT2D eigenvalue weighted by molar-refractivity contribution is -0.116. The van der Waals surface area contributed by atoms with E-state index in [1.54, 1.807) is 60.0 Å². The molecule has 0 unspecified atom stereocenters.